The molecule has 1 amide bonds. The van der Waals surface area contributed by atoms with Gasteiger partial charge in [-0.15, -0.1) is 5.06 Å². The Labute approximate surface area is 208 Å². The van der Waals surface area contributed by atoms with Crippen LogP contribution in [0.1, 0.15) is 18.1 Å². The zero-order valence-electron chi connectivity index (χ0n) is 20.0. The molecule has 0 aliphatic rings. The summed E-state index contributed by atoms with van der Waals surface area (Å²) in [7, 11) is 1.55. The van der Waals surface area contributed by atoms with Crippen molar-refractivity contribution in [2.45, 2.75) is 13.0 Å². The van der Waals surface area contributed by atoms with E-state index in [0.29, 0.717) is 34.9 Å². The first-order valence-corrected chi connectivity index (χ1v) is 11.2. The van der Waals surface area contributed by atoms with Gasteiger partial charge >= 0.3 is 0 Å². The van der Waals surface area contributed by atoms with Crippen molar-refractivity contribution in [1.82, 2.24) is 5.06 Å². The van der Waals surface area contributed by atoms with Gasteiger partial charge in [-0.2, -0.15) is 0 Å². The van der Waals surface area contributed by atoms with Crippen molar-refractivity contribution in [2.24, 2.45) is 5.73 Å². The quantitative estimate of drug-likeness (QED) is 0.222. The number of nitrogens with two attached hydrogens (primary N) is 1. The molecule has 9 heteroatoms. The molecule has 0 aliphatic heterocycles. The van der Waals surface area contributed by atoms with E-state index in [9.17, 15) is 18.7 Å². The first kappa shape index (κ1) is 26.7. The minimum absolute atomic E-state index is 0.00148. The van der Waals surface area contributed by atoms with Crippen LogP contribution in [-0.4, -0.2) is 49.0 Å². The smallest absolute Gasteiger partial charge is 0.249 e. The molecule has 0 saturated carbocycles. The first-order valence-electron chi connectivity index (χ1n) is 11.2. The van der Waals surface area contributed by atoms with Crippen molar-refractivity contribution < 1.29 is 33.0 Å². The third-order valence-corrected chi connectivity index (χ3v) is 5.19. The predicted molar refractivity (Wildman–Crippen MR) is 132 cm³/mol. The molecule has 3 N–H and O–H groups in total. The van der Waals surface area contributed by atoms with Gasteiger partial charge in [0.05, 0.1) is 13.7 Å². The van der Waals surface area contributed by atoms with E-state index < -0.39 is 23.6 Å². The van der Waals surface area contributed by atoms with Crippen molar-refractivity contribution in [3.05, 3.63) is 89.5 Å². The maximum Gasteiger partial charge on any atom is 0.249 e. The summed E-state index contributed by atoms with van der Waals surface area (Å²) in [6.45, 7) is 2.60. The maximum atomic E-state index is 13.5. The Kier molecular flexibility index (Phi) is 9.38. The van der Waals surface area contributed by atoms with Crippen LogP contribution in [0.15, 0.2) is 66.7 Å². The van der Waals surface area contributed by atoms with Gasteiger partial charge in [0.1, 0.15) is 18.5 Å². The minimum atomic E-state index is -1.02. The largest absolute Gasteiger partial charge is 0.493 e. The summed E-state index contributed by atoms with van der Waals surface area (Å²) in [6.07, 6.45) is 0.528. The number of hydrogen-bond donors (Lipinski definition) is 2. The second kappa shape index (κ2) is 12.7. The molecule has 0 radical (unpaired) electrons. The number of benzene rings is 3. The number of rotatable bonds is 12. The van der Waals surface area contributed by atoms with Gasteiger partial charge in [-0.05, 0) is 60.5 Å². The van der Waals surface area contributed by atoms with Crippen molar-refractivity contribution in [2.75, 3.05) is 26.8 Å². The number of hydroxylamine groups is 2. The van der Waals surface area contributed by atoms with Crippen LogP contribution in [0, 0.1) is 11.6 Å². The second-order valence-electron chi connectivity index (χ2n) is 7.81. The monoisotopic (exact) mass is 498 g/mol. The van der Waals surface area contributed by atoms with Crippen molar-refractivity contribution in [1.29, 1.82) is 0 Å². The number of amides is 1. The number of aliphatic hydroxyl groups excluding tert-OH is 1. The molecule has 1 atom stereocenters. The molecule has 0 spiro atoms. The summed E-state index contributed by atoms with van der Waals surface area (Å²) >= 11 is 0. The van der Waals surface area contributed by atoms with Crippen LogP contribution < -0.4 is 20.0 Å². The van der Waals surface area contributed by atoms with Crippen LogP contribution in [0.2, 0.25) is 0 Å². The van der Waals surface area contributed by atoms with Crippen molar-refractivity contribution in [3.63, 3.8) is 0 Å². The molecular formula is C27H28F2N2O5. The number of nitrogens with zero attached hydrogens (tertiary/aromatic N) is 1. The van der Waals surface area contributed by atoms with Crippen molar-refractivity contribution in [3.8, 4) is 17.2 Å². The molecule has 36 heavy (non-hydrogen) atoms. The Morgan fingerprint density at radius 3 is 2.36 bits per heavy atom. The number of carbonyl (C=O) groups is 1. The number of ether oxygens (including phenoxy) is 2. The third-order valence-electron chi connectivity index (χ3n) is 5.19. The molecule has 0 fully saturated rings. The number of methoxy groups -OCH3 is 1. The Bertz CT molecular complexity index is 1200. The Balaban J connectivity index is 1.60. The van der Waals surface area contributed by atoms with Gasteiger partial charge < -0.3 is 25.2 Å². The van der Waals surface area contributed by atoms with E-state index in [1.54, 1.807) is 48.6 Å². The zero-order chi connectivity index (χ0) is 26.1. The van der Waals surface area contributed by atoms with E-state index in [2.05, 4.69) is 0 Å². The fraction of sp³-hybridized carbons (Fsp3) is 0.222. The predicted octanol–water partition coefficient (Wildman–Crippen LogP) is 4.05. The highest BCUT2D eigenvalue weighted by Crippen LogP contribution is 2.27. The van der Waals surface area contributed by atoms with Gasteiger partial charge in [0.15, 0.2) is 23.1 Å². The number of primary amides is 1. The lowest BCUT2D eigenvalue weighted by Crippen LogP contribution is -2.37. The molecule has 3 aromatic carbocycles. The van der Waals surface area contributed by atoms with E-state index in [0.717, 1.165) is 12.1 Å². The van der Waals surface area contributed by atoms with E-state index in [1.807, 2.05) is 19.1 Å². The van der Waals surface area contributed by atoms with Gasteiger partial charge in [-0.3, -0.25) is 4.79 Å². The fourth-order valence-corrected chi connectivity index (χ4v) is 3.34. The zero-order valence-corrected chi connectivity index (χ0v) is 20.0. The lowest BCUT2D eigenvalue weighted by atomic mass is 10.0. The van der Waals surface area contributed by atoms with Gasteiger partial charge in [0, 0.05) is 12.1 Å². The summed E-state index contributed by atoms with van der Waals surface area (Å²) in [5, 5.41) is 12.0. The van der Waals surface area contributed by atoms with Gasteiger partial charge in [0.25, 0.3) is 0 Å². The van der Waals surface area contributed by atoms with Crippen LogP contribution in [0.5, 0.6) is 17.2 Å². The number of aliphatic hydroxyl groups is 1. The number of halogens is 2. The highest BCUT2D eigenvalue weighted by molar-refractivity contribution is 6.23. The number of hydrogen-bond acceptors (Lipinski definition) is 6. The molecule has 190 valence electrons. The van der Waals surface area contributed by atoms with Crippen LogP contribution >= 0.6 is 0 Å². The number of carbonyl (C=O) groups excluding carboxylic acids is 1. The van der Waals surface area contributed by atoms with Crippen LogP contribution in [0.25, 0.3) is 11.6 Å². The lowest BCUT2D eigenvalue weighted by molar-refractivity contribution is -0.112. The molecule has 0 bridgehead atoms. The Morgan fingerprint density at radius 2 is 1.75 bits per heavy atom. The van der Waals surface area contributed by atoms with E-state index in [4.69, 9.17) is 20.0 Å². The fourth-order valence-electron chi connectivity index (χ4n) is 3.34. The molecule has 0 aromatic heterocycles. The summed E-state index contributed by atoms with van der Waals surface area (Å²) in [4.78, 5) is 17.8. The highest BCUT2D eigenvalue weighted by Gasteiger charge is 2.15. The minimum Gasteiger partial charge on any atom is -0.493 e. The second-order valence-corrected chi connectivity index (χ2v) is 7.81. The van der Waals surface area contributed by atoms with E-state index in [-0.39, 0.29) is 18.7 Å². The van der Waals surface area contributed by atoms with Crippen LogP contribution in [0.3, 0.4) is 0 Å². The molecule has 0 saturated heterocycles. The molecule has 0 heterocycles. The van der Waals surface area contributed by atoms with Gasteiger partial charge in [-0.1, -0.05) is 30.3 Å². The Hall–Kier alpha value is -3.95. The molecular weight excluding hydrogens is 470 g/mol. The average molecular weight is 499 g/mol. The molecule has 3 aromatic rings. The molecule has 1 unspecified atom stereocenters. The van der Waals surface area contributed by atoms with Crippen LogP contribution in [0.4, 0.5) is 8.78 Å². The van der Waals surface area contributed by atoms with Crippen molar-refractivity contribution >= 4 is 17.6 Å². The highest BCUT2D eigenvalue weighted by atomic mass is 19.2. The standard InChI is InChI=1S/C27H28F2N2O5/c1-3-31(36-26-7-5-4-6-25(26)34-2)16-20(32)17-35-21-11-9-19(10-12-21)22(27(30)33)14-18-8-13-23(28)24(29)15-18/h4-15,20,32H,3,16-17H2,1-2H3,(H2,30,33)/b22-14-. The molecule has 7 nitrogen and oxygen atoms in total. The first-order chi connectivity index (χ1) is 17.3. The lowest BCUT2D eigenvalue weighted by Gasteiger charge is -2.24. The van der Waals surface area contributed by atoms with E-state index in [1.165, 1.54) is 12.1 Å². The topological polar surface area (TPSA) is 94.2 Å². The summed E-state index contributed by atoms with van der Waals surface area (Å²) < 4.78 is 37.6. The van der Waals surface area contributed by atoms with Gasteiger partial charge in [0.2, 0.25) is 5.91 Å². The third kappa shape index (κ3) is 7.27. The summed E-state index contributed by atoms with van der Waals surface area (Å²) in [5.74, 6) is -1.15. The SMILES string of the molecule is CCN(CC(O)COc1ccc(/C(=C/c2ccc(F)c(F)c2)C(N)=O)cc1)Oc1ccccc1OC. The van der Waals surface area contributed by atoms with Crippen LogP contribution in [-0.2, 0) is 4.79 Å². The Morgan fingerprint density at radius 1 is 1.06 bits per heavy atom. The molecule has 3 rings (SSSR count). The summed E-state index contributed by atoms with van der Waals surface area (Å²) in [5.41, 5.74) is 6.38. The van der Waals surface area contributed by atoms with E-state index >= 15 is 0 Å². The number of para-hydroxylation sites is 2. The molecule has 0 aliphatic carbocycles. The summed E-state index contributed by atoms with van der Waals surface area (Å²) in [6, 6.07) is 17.0. The normalized spacial score (nSPS) is 12.3. The number of likely N-dealkylation sites (N-methyl/N-ethyl adjacent to an activating group) is 1. The average Bonchev–Trinajstić information content (AvgIpc) is 2.88. The van der Waals surface area contributed by atoms with Gasteiger partial charge in [-0.25, -0.2) is 8.78 Å². The maximum absolute atomic E-state index is 13.5.